The van der Waals surface area contributed by atoms with Crippen molar-refractivity contribution in [1.29, 1.82) is 0 Å². The van der Waals surface area contributed by atoms with E-state index in [1.807, 2.05) is 0 Å². The summed E-state index contributed by atoms with van der Waals surface area (Å²) in [5.41, 5.74) is 0. The van der Waals surface area contributed by atoms with Crippen molar-refractivity contribution in [2.24, 2.45) is 0 Å². The normalized spacial score (nSPS) is 7.14. The molecule has 0 heterocycles. The Morgan fingerprint density at radius 1 is 1.14 bits per heavy atom. The molecule has 0 saturated heterocycles. The Balaban J connectivity index is 3.32. The fourth-order valence-electron chi connectivity index (χ4n) is 0.351. The molecule has 0 saturated carbocycles. The van der Waals surface area contributed by atoms with E-state index in [2.05, 4.69) is 0 Å². The Labute approximate surface area is 49.9 Å². The first-order chi connectivity index (χ1) is 3.13. The van der Waals surface area contributed by atoms with Crippen LogP contribution >= 0.6 is 0 Å². The Morgan fingerprint density at radius 3 is 1.43 bits per heavy atom. The molecule has 0 aliphatic heterocycles. The van der Waals surface area contributed by atoms with Gasteiger partial charge >= 0.3 is 49.3 Å². The van der Waals surface area contributed by atoms with Gasteiger partial charge in [-0.1, -0.05) is 0 Å². The van der Waals surface area contributed by atoms with Crippen LogP contribution in [-0.4, -0.2) is 8.76 Å². The van der Waals surface area contributed by atoms with Gasteiger partial charge < -0.3 is 0 Å². The van der Waals surface area contributed by atoms with E-state index in [0.717, 1.165) is 0 Å². The second kappa shape index (κ2) is 3.03. The molecule has 0 aliphatic carbocycles. The van der Waals surface area contributed by atoms with Crippen molar-refractivity contribution in [1.82, 2.24) is 0 Å². The summed E-state index contributed by atoms with van der Waals surface area (Å²) in [4.78, 5) is 20.2. The molecule has 0 bridgehead atoms. The van der Waals surface area contributed by atoms with E-state index in [1.165, 1.54) is 13.8 Å². The van der Waals surface area contributed by atoms with Crippen molar-refractivity contribution in [2.75, 3.05) is 0 Å². The van der Waals surface area contributed by atoms with Gasteiger partial charge in [-0.25, -0.2) is 0 Å². The van der Waals surface area contributed by atoms with Gasteiger partial charge in [-0.05, 0) is 0 Å². The second-order valence-corrected chi connectivity index (χ2v) is 6.50. The molecule has 0 aliphatic rings. The number of carbonyl (C=O) groups is 2. The summed E-state index contributed by atoms with van der Waals surface area (Å²) in [5.74, 6) is 0. The topological polar surface area (TPSA) is 34.1 Å². The second-order valence-electron chi connectivity index (χ2n) is 1.58. The first-order valence-electron chi connectivity index (χ1n) is 2.12. The summed E-state index contributed by atoms with van der Waals surface area (Å²) in [7, 11) is 0. The Hall–Kier alpha value is -0.0366. The van der Waals surface area contributed by atoms with Crippen molar-refractivity contribution >= 4 is 8.76 Å². The van der Waals surface area contributed by atoms with Crippen LogP contribution in [0.15, 0.2) is 0 Å². The van der Waals surface area contributed by atoms with Crippen molar-refractivity contribution in [2.45, 2.75) is 13.8 Å². The third-order valence-electron chi connectivity index (χ3n) is 0.498. The van der Waals surface area contributed by atoms with Crippen LogP contribution in [0.2, 0.25) is 0 Å². The van der Waals surface area contributed by atoms with Crippen LogP contribution in [0.5, 0.6) is 0 Å². The minimum atomic E-state index is -1.38. The molecular weight excluding hydrogens is 145 g/mol. The monoisotopic (exact) mass is 150 g/mol. The average Bonchev–Trinajstić information content (AvgIpc) is 1.27. The molecule has 0 spiro atoms. The number of hydrogen-bond donors (Lipinski definition) is 0. The Morgan fingerprint density at radius 2 is 1.43 bits per heavy atom. The molecule has 0 radical (unpaired) electrons. The molecule has 2 nitrogen and oxygen atoms in total. The predicted molar refractivity (Wildman–Crippen MR) is 21.4 cm³/mol. The van der Waals surface area contributed by atoms with Gasteiger partial charge in [-0.15, -0.1) is 0 Å². The molecule has 0 amide bonds. The van der Waals surface area contributed by atoms with E-state index >= 15 is 0 Å². The molecule has 3 heteroatoms. The van der Waals surface area contributed by atoms with Crippen LogP contribution in [0.25, 0.3) is 0 Å². The molecule has 0 aromatic carbocycles. The van der Waals surface area contributed by atoms with E-state index in [4.69, 9.17) is 0 Å². The van der Waals surface area contributed by atoms with E-state index in [9.17, 15) is 9.59 Å². The van der Waals surface area contributed by atoms with Gasteiger partial charge in [-0.2, -0.15) is 0 Å². The molecular formula is C4H6O2Zn. The third kappa shape index (κ3) is 5.96. The summed E-state index contributed by atoms with van der Waals surface area (Å²) in [6, 6.07) is 0. The van der Waals surface area contributed by atoms with Gasteiger partial charge in [0.05, 0.1) is 0 Å². The van der Waals surface area contributed by atoms with Crippen molar-refractivity contribution < 1.29 is 26.7 Å². The van der Waals surface area contributed by atoms with E-state index in [1.54, 1.807) is 0 Å². The Kier molecular flexibility index (Phi) is 3.01. The molecule has 0 rings (SSSR count). The van der Waals surface area contributed by atoms with Gasteiger partial charge in [0.25, 0.3) is 0 Å². The maximum atomic E-state index is 10.1. The molecule has 36 valence electrons. The van der Waals surface area contributed by atoms with Crippen LogP contribution in [-0.2, 0) is 26.7 Å². The maximum absolute atomic E-state index is 10.1. The van der Waals surface area contributed by atoms with Gasteiger partial charge in [0.1, 0.15) is 0 Å². The summed E-state index contributed by atoms with van der Waals surface area (Å²) < 4.78 is 0.250. The molecule has 7 heavy (non-hydrogen) atoms. The molecule has 0 fully saturated rings. The van der Waals surface area contributed by atoms with Crippen LogP contribution < -0.4 is 0 Å². The number of carbonyl (C=O) groups excluding carboxylic acids is 2. The molecule has 0 aromatic rings. The van der Waals surface area contributed by atoms with Crippen LogP contribution in [0.3, 0.4) is 0 Å². The summed E-state index contributed by atoms with van der Waals surface area (Å²) in [5, 5.41) is 0. The van der Waals surface area contributed by atoms with Gasteiger partial charge in [0, 0.05) is 0 Å². The summed E-state index contributed by atoms with van der Waals surface area (Å²) >= 11 is -1.38. The third-order valence-corrected chi connectivity index (χ3v) is 2.59. The average molecular weight is 151 g/mol. The van der Waals surface area contributed by atoms with Gasteiger partial charge in [-0.3, -0.25) is 0 Å². The summed E-state index contributed by atoms with van der Waals surface area (Å²) in [6.45, 7) is 2.97. The van der Waals surface area contributed by atoms with Crippen molar-refractivity contribution in [3.8, 4) is 0 Å². The fraction of sp³-hybridized carbons (Fsp3) is 0.500. The SMILES string of the molecule is C[C](=O)[Zn][C](C)=O. The van der Waals surface area contributed by atoms with Gasteiger partial charge in [0.2, 0.25) is 0 Å². The van der Waals surface area contributed by atoms with Crippen molar-refractivity contribution in [3.05, 3.63) is 0 Å². The number of rotatable bonds is 2. The standard InChI is InChI=1S/2C2H3O.Zn/c2*1-2-3;/h2*1H3;. The zero-order valence-corrected chi connectivity index (χ0v) is 7.49. The van der Waals surface area contributed by atoms with E-state index in [-0.39, 0.29) is 8.76 Å². The summed E-state index contributed by atoms with van der Waals surface area (Å²) in [6.07, 6.45) is 0. The van der Waals surface area contributed by atoms with Crippen molar-refractivity contribution in [3.63, 3.8) is 0 Å². The Bertz CT molecular complexity index is 85.9. The molecule has 0 atom stereocenters. The van der Waals surface area contributed by atoms with Crippen LogP contribution in [0.4, 0.5) is 0 Å². The van der Waals surface area contributed by atoms with E-state index in [0.29, 0.717) is 0 Å². The van der Waals surface area contributed by atoms with Crippen LogP contribution in [0, 0.1) is 0 Å². The minimum absolute atomic E-state index is 0.125. The number of hydrogen-bond acceptors (Lipinski definition) is 2. The molecule has 0 N–H and O–H groups in total. The molecule has 0 aromatic heterocycles. The first kappa shape index (κ1) is 6.96. The zero-order valence-electron chi connectivity index (χ0n) is 4.52. The first-order valence-corrected chi connectivity index (χ1v) is 5.08. The van der Waals surface area contributed by atoms with Gasteiger partial charge in [0.15, 0.2) is 0 Å². The van der Waals surface area contributed by atoms with Crippen LogP contribution in [0.1, 0.15) is 13.8 Å². The van der Waals surface area contributed by atoms with E-state index < -0.39 is 17.1 Å². The predicted octanol–water partition coefficient (Wildman–Crippen LogP) is 0.162. The zero-order chi connectivity index (χ0) is 5.86. The fourth-order valence-corrected chi connectivity index (χ4v) is 1.82. The molecule has 0 unspecified atom stereocenters. The quantitative estimate of drug-likeness (QED) is 0.527.